The van der Waals surface area contributed by atoms with Crippen molar-refractivity contribution in [3.05, 3.63) is 48.2 Å². The number of nitrogens with one attached hydrogen (secondary N) is 1. The molecule has 0 aliphatic rings. The molecule has 0 saturated carbocycles. The highest BCUT2D eigenvalue weighted by Crippen LogP contribution is 2.40. The van der Waals surface area contributed by atoms with Gasteiger partial charge in [0.15, 0.2) is 6.10 Å². The molecule has 4 aromatic rings. The molecular formula is C19H12F6N4O2. The molecule has 2 aromatic carbocycles. The lowest BCUT2D eigenvalue weighted by Crippen LogP contribution is -2.31. The molecule has 162 valence electrons. The van der Waals surface area contributed by atoms with Crippen molar-refractivity contribution in [2.45, 2.75) is 25.4 Å². The molecule has 31 heavy (non-hydrogen) atoms. The first-order valence-electron chi connectivity index (χ1n) is 8.74. The lowest BCUT2D eigenvalue weighted by atomic mass is 10.1. The fourth-order valence-corrected chi connectivity index (χ4v) is 2.78. The first-order valence-corrected chi connectivity index (χ1v) is 8.74. The predicted molar refractivity (Wildman–Crippen MR) is 96.0 cm³/mol. The summed E-state index contributed by atoms with van der Waals surface area (Å²) in [5.41, 5.74) is -0.201. The second kappa shape index (κ2) is 7.29. The molecule has 0 radical (unpaired) electrons. The number of nitrogens with zero attached hydrogens (tertiary/aromatic N) is 3. The Morgan fingerprint density at radius 1 is 1.00 bits per heavy atom. The Bertz CT molecular complexity index is 1230. The van der Waals surface area contributed by atoms with E-state index in [0.29, 0.717) is 18.6 Å². The third-order valence-electron chi connectivity index (χ3n) is 4.42. The Balaban J connectivity index is 1.68. The van der Waals surface area contributed by atoms with E-state index in [1.165, 1.54) is 0 Å². The van der Waals surface area contributed by atoms with Gasteiger partial charge < -0.3 is 9.26 Å². The van der Waals surface area contributed by atoms with Crippen LogP contribution in [-0.4, -0.2) is 32.6 Å². The fraction of sp³-hybridized carbons (Fsp3) is 0.211. The molecule has 1 unspecified atom stereocenters. The summed E-state index contributed by atoms with van der Waals surface area (Å²) in [4.78, 5) is 4.10. The van der Waals surface area contributed by atoms with Crippen LogP contribution < -0.4 is 4.74 Å². The molecule has 0 fully saturated rings. The molecule has 0 amide bonds. The maximum Gasteiger partial charge on any atom is 0.425 e. The Morgan fingerprint density at radius 3 is 2.45 bits per heavy atom. The molecule has 0 aliphatic carbocycles. The van der Waals surface area contributed by atoms with E-state index < -0.39 is 29.8 Å². The number of benzene rings is 2. The molecule has 0 spiro atoms. The van der Waals surface area contributed by atoms with Crippen molar-refractivity contribution in [2.75, 3.05) is 0 Å². The third kappa shape index (κ3) is 4.18. The van der Waals surface area contributed by atoms with Crippen molar-refractivity contribution < 1.29 is 35.6 Å². The number of aromatic nitrogens is 4. The first kappa shape index (κ1) is 20.7. The largest absolute Gasteiger partial charge is 0.481 e. The number of fused-ring (bicyclic) bond motifs is 1. The molecule has 1 atom stereocenters. The summed E-state index contributed by atoms with van der Waals surface area (Å²) in [7, 11) is 0. The predicted octanol–water partition coefficient (Wildman–Crippen LogP) is 5.63. The van der Waals surface area contributed by atoms with Crippen molar-refractivity contribution in [2.24, 2.45) is 0 Å². The van der Waals surface area contributed by atoms with E-state index in [-0.39, 0.29) is 17.3 Å². The second-order valence-corrected chi connectivity index (χ2v) is 6.61. The summed E-state index contributed by atoms with van der Waals surface area (Å²) in [5, 5.41) is 11.2. The summed E-state index contributed by atoms with van der Waals surface area (Å²) >= 11 is 0. The van der Waals surface area contributed by atoms with Gasteiger partial charge in [-0.1, -0.05) is 5.16 Å². The van der Waals surface area contributed by atoms with E-state index in [9.17, 15) is 26.3 Å². The van der Waals surface area contributed by atoms with Gasteiger partial charge in [-0.25, -0.2) is 0 Å². The smallest absolute Gasteiger partial charge is 0.425 e. The van der Waals surface area contributed by atoms with Gasteiger partial charge in [-0.3, -0.25) is 5.10 Å². The van der Waals surface area contributed by atoms with Gasteiger partial charge in [-0.05, 0) is 43.3 Å². The Kier molecular flexibility index (Phi) is 4.86. The highest BCUT2D eigenvalue weighted by molar-refractivity contribution is 5.82. The molecule has 6 nitrogen and oxygen atoms in total. The summed E-state index contributed by atoms with van der Waals surface area (Å²) in [6.07, 6.45) is -10.6. The molecular weight excluding hydrogens is 430 g/mol. The number of aromatic amines is 1. The average Bonchev–Trinajstić information content (AvgIpc) is 3.35. The highest BCUT2D eigenvalue weighted by Gasteiger charge is 2.41. The topological polar surface area (TPSA) is 76.8 Å². The third-order valence-corrected chi connectivity index (χ3v) is 4.42. The monoisotopic (exact) mass is 442 g/mol. The van der Waals surface area contributed by atoms with Gasteiger partial charge >= 0.3 is 12.4 Å². The van der Waals surface area contributed by atoms with Gasteiger partial charge in [0.25, 0.3) is 5.89 Å². The summed E-state index contributed by atoms with van der Waals surface area (Å²) in [6, 6.07) is 7.63. The summed E-state index contributed by atoms with van der Waals surface area (Å²) in [5.74, 6) is -1.06. The van der Waals surface area contributed by atoms with E-state index in [2.05, 4.69) is 25.1 Å². The van der Waals surface area contributed by atoms with E-state index in [0.717, 1.165) is 23.0 Å². The molecule has 2 aromatic heterocycles. The first-order chi connectivity index (χ1) is 14.5. The molecule has 0 bridgehead atoms. The van der Waals surface area contributed by atoms with Crippen LogP contribution in [0.1, 0.15) is 12.5 Å². The van der Waals surface area contributed by atoms with Crippen LogP contribution in [0.5, 0.6) is 5.75 Å². The normalized spacial score (nSPS) is 13.5. The Labute approximate surface area is 169 Å². The number of halogens is 6. The minimum absolute atomic E-state index is 0.123. The van der Waals surface area contributed by atoms with Crippen molar-refractivity contribution in [1.82, 2.24) is 20.3 Å². The second-order valence-electron chi connectivity index (χ2n) is 6.61. The Hall–Kier alpha value is -3.57. The number of hydrogen-bond donors (Lipinski definition) is 1. The summed E-state index contributed by atoms with van der Waals surface area (Å²) < 4.78 is 88.0. The van der Waals surface area contributed by atoms with Crippen molar-refractivity contribution in [3.8, 4) is 28.6 Å². The van der Waals surface area contributed by atoms with Crippen LogP contribution in [-0.2, 0) is 6.18 Å². The molecule has 1 N–H and O–H groups in total. The van der Waals surface area contributed by atoms with Crippen molar-refractivity contribution in [3.63, 3.8) is 0 Å². The van der Waals surface area contributed by atoms with Crippen LogP contribution in [0.2, 0.25) is 0 Å². The van der Waals surface area contributed by atoms with E-state index in [1.54, 1.807) is 24.4 Å². The molecule has 2 heterocycles. The highest BCUT2D eigenvalue weighted by atomic mass is 19.4. The lowest BCUT2D eigenvalue weighted by molar-refractivity contribution is -0.191. The number of alkyl halides is 6. The van der Waals surface area contributed by atoms with Crippen LogP contribution in [0.3, 0.4) is 0 Å². The van der Waals surface area contributed by atoms with Gasteiger partial charge in [0.05, 0.1) is 17.3 Å². The van der Waals surface area contributed by atoms with Crippen molar-refractivity contribution in [1.29, 1.82) is 0 Å². The number of ether oxygens (including phenoxy) is 1. The van der Waals surface area contributed by atoms with Gasteiger partial charge in [0, 0.05) is 16.5 Å². The zero-order valence-electron chi connectivity index (χ0n) is 15.5. The van der Waals surface area contributed by atoms with E-state index in [4.69, 9.17) is 4.52 Å². The van der Waals surface area contributed by atoms with Crippen LogP contribution in [0, 0.1) is 0 Å². The molecule has 12 heteroatoms. The van der Waals surface area contributed by atoms with E-state index >= 15 is 0 Å². The van der Waals surface area contributed by atoms with Crippen LogP contribution in [0.4, 0.5) is 26.3 Å². The zero-order chi connectivity index (χ0) is 22.4. The molecule has 4 rings (SSSR count). The lowest BCUT2D eigenvalue weighted by Gasteiger charge is -2.20. The number of hydrogen-bond acceptors (Lipinski definition) is 5. The van der Waals surface area contributed by atoms with Gasteiger partial charge in [-0.15, -0.1) is 0 Å². The quantitative estimate of drug-likeness (QED) is 0.415. The minimum Gasteiger partial charge on any atom is -0.481 e. The fourth-order valence-electron chi connectivity index (χ4n) is 2.78. The van der Waals surface area contributed by atoms with Gasteiger partial charge in [0.1, 0.15) is 5.75 Å². The van der Waals surface area contributed by atoms with Crippen LogP contribution in [0.15, 0.2) is 47.1 Å². The minimum atomic E-state index is -4.97. The van der Waals surface area contributed by atoms with Crippen LogP contribution >= 0.6 is 0 Å². The molecule has 0 saturated heterocycles. The summed E-state index contributed by atoms with van der Waals surface area (Å²) in [6.45, 7) is 0.620. The zero-order valence-corrected chi connectivity index (χ0v) is 15.5. The maximum atomic E-state index is 13.4. The van der Waals surface area contributed by atoms with Gasteiger partial charge in [0.2, 0.25) is 5.82 Å². The molecule has 0 aliphatic heterocycles. The van der Waals surface area contributed by atoms with Gasteiger partial charge in [-0.2, -0.15) is 36.4 Å². The van der Waals surface area contributed by atoms with Crippen molar-refractivity contribution >= 4 is 10.9 Å². The Morgan fingerprint density at radius 2 is 1.74 bits per heavy atom. The van der Waals surface area contributed by atoms with Crippen LogP contribution in [0.25, 0.3) is 33.7 Å². The SMILES string of the molecule is CC(Oc1ccc(-c2nc(-c3ccc4[nH]ncc4c3)no2)cc1C(F)(F)F)C(F)(F)F. The average molecular weight is 442 g/mol. The number of H-pyrrole nitrogens is 1. The standard InChI is InChI=1S/C19H12F6N4O2/c1-9(18(20,21)22)30-15-5-3-11(7-13(15)19(23,24)25)17-27-16(29-31-17)10-2-4-14-12(6-10)8-26-28-14/h2-9H,1H3,(H,26,28). The number of rotatable bonds is 4. The van der Waals surface area contributed by atoms with E-state index in [1.807, 2.05) is 0 Å². The maximum absolute atomic E-state index is 13.4.